The van der Waals surface area contributed by atoms with Crippen LogP contribution in [0.5, 0.6) is 11.5 Å². The van der Waals surface area contributed by atoms with Crippen molar-refractivity contribution in [3.8, 4) is 11.5 Å². The normalized spacial score (nSPS) is 19.6. The zero-order valence-corrected chi connectivity index (χ0v) is 13.9. The third-order valence-electron chi connectivity index (χ3n) is 4.14. The highest BCUT2D eigenvalue weighted by Crippen LogP contribution is 2.37. The Morgan fingerprint density at radius 3 is 2.10 bits per heavy atom. The molecule has 1 heterocycles. The van der Waals surface area contributed by atoms with Crippen LogP contribution in [-0.4, -0.2) is 32.0 Å². The highest BCUT2D eigenvalue weighted by molar-refractivity contribution is 6.62. The number of benzene rings is 1. The molecule has 0 radical (unpaired) electrons. The van der Waals surface area contributed by atoms with Crippen LogP contribution < -0.4 is 14.9 Å². The molecule has 1 aliphatic rings. The van der Waals surface area contributed by atoms with Gasteiger partial charge in [-0.2, -0.15) is 0 Å². The fraction of sp³-hybridized carbons (Fsp3) is 0.625. The van der Waals surface area contributed by atoms with Gasteiger partial charge in [-0.05, 0) is 51.7 Å². The molecule has 0 aliphatic carbocycles. The van der Waals surface area contributed by atoms with Crippen LogP contribution in [0.1, 0.15) is 41.0 Å². The van der Waals surface area contributed by atoms with Gasteiger partial charge in [0, 0.05) is 6.07 Å². The standard InChI is InChI=1S/C16H25BO4/c1-7-8-19-14-10-12(9-13(11-14)18-6)17-20-15(2,3)16(4,5)21-17/h9-11H,7-8H2,1-6H3. The summed E-state index contributed by atoms with van der Waals surface area (Å²) in [5.41, 5.74) is 0.204. The zero-order valence-electron chi connectivity index (χ0n) is 13.9. The van der Waals surface area contributed by atoms with Crippen molar-refractivity contribution < 1.29 is 18.8 Å². The Kier molecular flexibility index (Phi) is 4.54. The van der Waals surface area contributed by atoms with Gasteiger partial charge in [-0.3, -0.25) is 0 Å². The van der Waals surface area contributed by atoms with Gasteiger partial charge in [0.15, 0.2) is 0 Å². The first kappa shape index (κ1) is 16.2. The first-order chi connectivity index (χ1) is 9.79. The van der Waals surface area contributed by atoms with Crippen LogP contribution in [0.3, 0.4) is 0 Å². The van der Waals surface area contributed by atoms with Crippen molar-refractivity contribution in [2.75, 3.05) is 13.7 Å². The molecule has 0 saturated carbocycles. The van der Waals surface area contributed by atoms with E-state index >= 15 is 0 Å². The lowest BCUT2D eigenvalue weighted by Gasteiger charge is -2.32. The lowest BCUT2D eigenvalue weighted by molar-refractivity contribution is 0.00578. The summed E-state index contributed by atoms with van der Waals surface area (Å²) in [4.78, 5) is 0. The maximum atomic E-state index is 6.08. The van der Waals surface area contributed by atoms with Crippen molar-refractivity contribution in [2.45, 2.75) is 52.2 Å². The molecule has 1 aromatic carbocycles. The molecule has 0 N–H and O–H groups in total. The van der Waals surface area contributed by atoms with Crippen LogP contribution in [0.15, 0.2) is 18.2 Å². The van der Waals surface area contributed by atoms with Gasteiger partial charge in [-0.15, -0.1) is 0 Å². The van der Waals surface area contributed by atoms with Crippen LogP contribution in [0.25, 0.3) is 0 Å². The molecule has 0 atom stereocenters. The Hall–Kier alpha value is -1.20. The van der Waals surface area contributed by atoms with Crippen LogP contribution in [0.2, 0.25) is 0 Å². The number of ether oxygens (including phenoxy) is 2. The summed E-state index contributed by atoms with van der Waals surface area (Å²) in [6, 6.07) is 5.77. The van der Waals surface area contributed by atoms with Gasteiger partial charge in [0.1, 0.15) is 11.5 Å². The number of hydrogen-bond donors (Lipinski definition) is 0. The van der Waals surface area contributed by atoms with E-state index in [1.807, 2.05) is 45.9 Å². The molecule has 5 heteroatoms. The summed E-state index contributed by atoms with van der Waals surface area (Å²) in [5.74, 6) is 1.52. The smallest absolute Gasteiger partial charge is 0.495 e. The summed E-state index contributed by atoms with van der Waals surface area (Å²) in [6.07, 6.45) is 0.961. The fourth-order valence-electron chi connectivity index (χ4n) is 2.13. The Labute approximate surface area is 127 Å². The Morgan fingerprint density at radius 1 is 1.00 bits per heavy atom. The minimum Gasteiger partial charge on any atom is -0.497 e. The minimum absolute atomic E-state index is 0.356. The van der Waals surface area contributed by atoms with Crippen molar-refractivity contribution in [1.82, 2.24) is 0 Å². The van der Waals surface area contributed by atoms with E-state index in [9.17, 15) is 0 Å². The van der Waals surface area contributed by atoms with Crippen molar-refractivity contribution in [3.05, 3.63) is 18.2 Å². The summed E-state index contributed by atoms with van der Waals surface area (Å²) in [5, 5.41) is 0. The monoisotopic (exact) mass is 292 g/mol. The topological polar surface area (TPSA) is 36.9 Å². The average molecular weight is 292 g/mol. The molecule has 1 fully saturated rings. The first-order valence-corrected chi connectivity index (χ1v) is 7.46. The lowest BCUT2D eigenvalue weighted by atomic mass is 9.79. The number of rotatable bonds is 5. The quantitative estimate of drug-likeness (QED) is 0.782. The second kappa shape index (κ2) is 5.89. The summed E-state index contributed by atoms with van der Waals surface area (Å²) >= 11 is 0. The van der Waals surface area contributed by atoms with Gasteiger partial charge in [0.2, 0.25) is 0 Å². The van der Waals surface area contributed by atoms with Gasteiger partial charge in [-0.25, -0.2) is 0 Å². The molecule has 0 amide bonds. The molecule has 0 unspecified atom stereocenters. The van der Waals surface area contributed by atoms with Crippen molar-refractivity contribution in [2.24, 2.45) is 0 Å². The summed E-state index contributed by atoms with van der Waals surface area (Å²) in [7, 11) is 1.24. The number of hydrogen-bond acceptors (Lipinski definition) is 4. The molecule has 0 bridgehead atoms. The molecule has 1 aliphatic heterocycles. The van der Waals surface area contributed by atoms with Gasteiger partial charge in [0.05, 0.1) is 24.9 Å². The fourth-order valence-corrected chi connectivity index (χ4v) is 2.13. The largest absolute Gasteiger partial charge is 0.497 e. The molecule has 1 saturated heterocycles. The van der Waals surface area contributed by atoms with Gasteiger partial charge in [-0.1, -0.05) is 6.92 Å². The van der Waals surface area contributed by atoms with E-state index in [1.54, 1.807) is 7.11 Å². The molecule has 0 aromatic heterocycles. The van der Waals surface area contributed by atoms with E-state index in [0.717, 1.165) is 23.4 Å². The molecule has 116 valence electrons. The van der Waals surface area contributed by atoms with Crippen LogP contribution in [0, 0.1) is 0 Å². The summed E-state index contributed by atoms with van der Waals surface area (Å²) < 4.78 is 23.2. The lowest BCUT2D eigenvalue weighted by Crippen LogP contribution is -2.41. The average Bonchev–Trinajstić information content (AvgIpc) is 2.65. The highest BCUT2D eigenvalue weighted by atomic mass is 16.7. The molecule has 1 aromatic rings. The molecule has 2 rings (SSSR count). The molecule has 4 nitrogen and oxygen atoms in total. The van der Waals surface area contributed by atoms with Gasteiger partial charge < -0.3 is 18.8 Å². The Morgan fingerprint density at radius 2 is 1.57 bits per heavy atom. The molecular weight excluding hydrogens is 267 g/mol. The van der Waals surface area contributed by atoms with E-state index in [1.165, 1.54) is 0 Å². The maximum Gasteiger partial charge on any atom is 0.495 e. The van der Waals surface area contributed by atoms with Crippen molar-refractivity contribution in [1.29, 1.82) is 0 Å². The van der Waals surface area contributed by atoms with Gasteiger partial charge in [0.25, 0.3) is 0 Å². The Bertz CT molecular complexity index is 483. The van der Waals surface area contributed by atoms with Crippen LogP contribution >= 0.6 is 0 Å². The van der Waals surface area contributed by atoms with E-state index in [-0.39, 0.29) is 11.2 Å². The van der Waals surface area contributed by atoms with Crippen molar-refractivity contribution in [3.63, 3.8) is 0 Å². The third kappa shape index (κ3) is 3.35. The maximum absolute atomic E-state index is 6.08. The second-order valence-electron chi connectivity index (χ2n) is 6.38. The van der Waals surface area contributed by atoms with E-state index in [2.05, 4.69) is 6.92 Å². The predicted molar refractivity (Wildman–Crippen MR) is 84.5 cm³/mol. The SMILES string of the molecule is CCCOc1cc(OC)cc(B2OC(C)(C)C(C)(C)O2)c1. The second-order valence-corrected chi connectivity index (χ2v) is 6.38. The molecule has 0 spiro atoms. The molecule has 21 heavy (non-hydrogen) atoms. The highest BCUT2D eigenvalue weighted by Gasteiger charge is 2.51. The zero-order chi connectivity index (χ0) is 15.7. The van der Waals surface area contributed by atoms with E-state index in [4.69, 9.17) is 18.8 Å². The minimum atomic E-state index is -0.408. The van der Waals surface area contributed by atoms with Gasteiger partial charge >= 0.3 is 7.12 Å². The van der Waals surface area contributed by atoms with E-state index in [0.29, 0.717) is 6.61 Å². The Balaban J connectivity index is 2.27. The van der Waals surface area contributed by atoms with E-state index < -0.39 is 7.12 Å². The third-order valence-corrected chi connectivity index (χ3v) is 4.14. The first-order valence-electron chi connectivity index (χ1n) is 7.46. The predicted octanol–water partition coefficient (Wildman–Crippen LogP) is 2.78. The summed E-state index contributed by atoms with van der Waals surface area (Å²) in [6.45, 7) is 10.9. The number of methoxy groups -OCH3 is 1. The van der Waals surface area contributed by atoms with Crippen molar-refractivity contribution >= 4 is 12.6 Å². The van der Waals surface area contributed by atoms with Crippen LogP contribution in [-0.2, 0) is 9.31 Å². The molecular formula is C16H25BO4. The van der Waals surface area contributed by atoms with Crippen LogP contribution in [0.4, 0.5) is 0 Å².